The Hall–Kier alpha value is -13.0. The molecule has 5 atom stereocenters. The Bertz CT molecular complexity index is 3980. The number of hydrogen-bond acceptors (Lipinski definition) is 34. The van der Waals surface area contributed by atoms with Crippen molar-refractivity contribution in [3.05, 3.63) is 124 Å². The molecule has 1 aliphatic heterocycles. The molecule has 7 aromatic rings. The van der Waals surface area contributed by atoms with Crippen LogP contribution in [-0.2, 0) is 28.4 Å². The number of ether oxygens (including phenoxy) is 8. The third-order valence-corrected chi connectivity index (χ3v) is 12.4. The standard InChI is InChI=1S/C55H40O34/c56-23-1-16(2-24(57)38(23)68)48(75)82-15-37-45(86-52(79)21-11-33(66)43(73)35(13-21)83-49(76)17-3-25(58)39(69)26(59)4-17)46(87-51(78)19-7-29(62)41(71)30(63)8-19)47(55(85-37)89-54(81)20-9-31(64)42(72)32(65)10-20)88-53(80)22-12-34(67)44(74)36(14-22)84-50(77)18-5-27(60)40(70)28(61)6-18/h1-14,37,45-47,55-74H,15H2/t37-,45+,46+,47-,55+/m0/s1. The monoisotopic (exact) mass is 1240 g/mol. The quantitative estimate of drug-likeness (QED) is 0.0304. The molecule has 1 fully saturated rings. The fourth-order valence-corrected chi connectivity index (χ4v) is 8.00. The van der Waals surface area contributed by atoms with Gasteiger partial charge in [-0.25, -0.2) is 33.6 Å². The van der Waals surface area contributed by atoms with Crippen LogP contribution in [0.15, 0.2) is 84.9 Å². The van der Waals surface area contributed by atoms with Gasteiger partial charge in [-0.2, -0.15) is 0 Å². The lowest BCUT2D eigenvalue weighted by Gasteiger charge is -2.43. The SMILES string of the molecule is O=C(OC[C@@H]1O[C@H](OC(=O)c2cc(O)c(O)c(O)c2)[C@@H](OC(=O)c2cc(O)c(O)c(OC(=O)c3cc(O)c(O)c(O)c3)c2)[C@H](OC(=O)c2cc(O)c(O)c(O)c2)[C@@H]1OC(=O)c1cc(O)c(O)c(OC(=O)c2cc(O)c(O)c(O)c2)c1)c1cc(O)c(O)c(O)c1. The van der Waals surface area contributed by atoms with Gasteiger partial charge in [-0.05, 0) is 84.9 Å². The van der Waals surface area contributed by atoms with Crippen LogP contribution in [0.5, 0.6) is 121 Å². The van der Waals surface area contributed by atoms with Gasteiger partial charge in [0.05, 0.1) is 38.9 Å². The lowest BCUT2D eigenvalue weighted by atomic mass is 9.97. The summed E-state index contributed by atoms with van der Waals surface area (Å²) in [6, 6.07) is 7.02. The second-order valence-corrected chi connectivity index (χ2v) is 18.4. The largest absolute Gasteiger partial charge is 0.504 e. The minimum Gasteiger partial charge on any atom is -0.504 e. The van der Waals surface area contributed by atoms with Crippen LogP contribution in [0.2, 0.25) is 0 Å². The molecular formula is C55H40O34. The second kappa shape index (κ2) is 24.3. The first-order valence-electron chi connectivity index (χ1n) is 24.3. The van der Waals surface area contributed by atoms with Crippen molar-refractivity contribution >= 4 is 41.8 Å². The summed E-state index contributed by atoms with van der Waals surface area (Å²) in [5.74, 6) is -36.4. The molecule has 0 radical (unpaired) electrons. The predicted molar refractivity (Wildman–Crippen MR) is 279 cm³/mol. The van der Waals surface area contributed by atoms with E-state index >= 15 is 0 Å². The van der Waals surface area contributed by atoms with Gasteiger partial charge in [0.25, 0.3) is 0 Å². The highest BCUT2D eigenvalue weighted by atomic mass is 16.7. The summed E-state index contributed by atoms with van der Waals surface area (Å²) < 4.78 is 44.0. The number of carbonyl (C=O) groups excluding carboxylic acids is 7. The predicted octanol–water partition coefficient (Wildman–Crippen LogP) is 2.95. The third kappa shape index (κ3) is 12.9. The minimum atomic E-state index is -2.79. The van der Waals surface area contributed by atoms with Crippen LogP contribution in [-0.4, -0.2) is 176 Å². The van der Waals surface area contributed by atoms with Crippen molar-refractivity contribution in [3.63, 3.8) is 0 Å². The molecule has 0 unspecified atom stereocenters. The molecule has 8 rings (SSSR count). The number of hydrogen-bond donors (Lipinski definition) is 19. The molecule has 34 heteroatoms. The second-order valence-electron chi connectivity index (χ2n) is 18.4. The van der Waals surface area contributed by atoms with Crippen LogP contribution in [0.25, 0.3) is 0 Å². The van der Waals surface area contributed by atoms with E-state index in [9.17, 15) is 131 Å². The molecule has 1 heterocycles. The van der Waals surface area contributed by atoms with E-state index in [1.165, 1.54) is 0 Å². The van der Waals surface area contributed by atoms with Crippen molar-refractivity contribution in [2.45, 2.75) is 30.7 Å². The Morgan fingerprint density at radius 2 is 0.517 bits per heavy atom. The number of carbonyl (C=O) groups is 7. The zero-order valence-corrected chi connectivity index (χ0v) is 43.8. The van der Waals surface area contributed by atoms with Gasteiger partial charge in [-0.15, -0.1) is 0 Å². The van der Waals surface area contributed by atoms with E-state index in [1.807, 2.05) is 0 Å². The van der Waals surface area contributed by atoms with E-state index in [1.54, 1.807) is 0 Å². The molecule has 19 N–H and O–H groups in total. The van der Waals surface area contributed by atoms with Gasteiger partial charge in [0, 0.05) is 0 Å². The van der Waals surface area contributed by atoms with Crippen LogP contribution in [0, 0.1) is 0 Å². The minimum absolute atomic E-state index is 0.413. The maximum atomic E-state index is 14.6. The first-order valence-corrected chi connectivity index (χ1v) is 24.3. The Labute approximate surface area is 491 Å². The molecule has 1 aliphatic rings. The average molecular weight is 1240 g/mol. The summed E-state index contributed by atoms with van der Waals surface area (Å²) in [6.45, 7) is -1.42. The zero-order chi connectivity index (χ0) is 65.4. The highest BCUT2D eigenvalue weighted by molar-refractivity contribution is 5.97. The highest BCUT2D eigenvalue weighted by Gasteiger charge is 2.55. The van der Waals surface area contributed by atoms with Gasteiger partial charge in [0.15, 0.2) is 121 Å². The number of phenolic OH excluding ortho intramolecular Hbond substituents is 19. The lowest BCUT2D eigenvalue weighted by Crippen LogP contribution is -2.63. The van der Waals surface area contributed by atoms with Gasteiger partial charge in [0.2, 0.25) is 23.9 Å². The summed E-state index contributed by atoms with van der Waals surface area (Å²) >= 11 is 0. The Balaban J connectivity index is 1.28. The number of benzene rings is 7. The van der Waals surface area contributed by atoms with Crippen LogP contribution in [0.3, 0.4) is 0 Å². The van der Waals surface area contributed by atoms with E-state index in [4.69, 9.17) is 37.9 Å². The van der Waals surface area contributed by atoms with Crippen molar-refractivity contribution in [1.82, 2.24) is 0 Å². The van der Waals surface area contributed by atoms with E-state index in [-0.39, 0.29) is 0 Å². The topological polar surface area (TPSA) is 578 Å². The first kappa shape index (κ1) is 62.0. The fraction of sp³-hybridized carbons (Fsp3) is 0.109. The van der Waals surface area contributed by atoms with Crippen LogP contribution in [0.1, 0.15) is 72.5 Å². The van der Waals surface area contributed by atoms with Gasteiger partial charge in [0.1, 0.15) is 12.7 Å². The molecule has 0 spiro atoms. The fourth-order valence-electron chi connectivity index (χ4n) is 8.00. The number of rotatable bonds is 15. The molecule has 0 saturated carbocycles. The van der Waals surface area contributed by atoms with E-state index < -0.39 is 239 Å². The molecule has 0 aliphatic carbocycles. The van der Waals surface area contributed by atoms with Gasteiger partial charge < -0.3 is 135 Å². The Kier molecular flexibility index (Phi) is 16.9. The molecule has 0 aromatic heterocycles. The van der Waals surface area contributed by atoms with Crippen molar-refractivity contribution in [3.8, 4) is 121 Å². The molecule has 7 aromatic carbocycles. The Morgan fingerprint density at radius 1 is 0.281 bits per heavy atom. The molecule has 1 saturated heterocycles. The highest BCUT2D eigenvalue weighted by Crippen LogP contribution is 2.44. The van der Waals surface area contributed by atoms with Gasteiger partial charge in [-0.1, -0.05) is 0 Å². The molecule has 0 bridgehead atoms. The summed E-state index contributed by atoms with van der Waals surface area (Å²) in [5, 5.41) is 194. The molecule has 0 amide bonds. The van der Waals surface area contributed by atoms with Crippen molar-refractivity contribution < 1.29 is 168 Å². The van der Waals surface area contributed by atoms with E-state index in [0.29, 0.717) is 84.9 Å². The van der Waals surface area contributed by atoms with E-state index in [0.717, 1.165) is 0 Å². The molecule has 34 nitrogen and oxygen atoms in total. The molecular weight excluding hydrogens is 1200 g/mol. The van der Waals surface area contributed by atoms with Crippen molar-refractivity contribution in [2.75, 3.05) is 6.61 Å². The average Bonchev–Trinajstić information content (AvgIpc) is 0.841. The molecule has 464 valence electrons. The maximum absolute atomic E-state index is 14.6. The lowest BCUT2D eigenvalue weighted by molar-refractivity contribution is -0.282. The smallest absolute Gasteiger partial charge is 0.343 e. The number of phenols is 19. The third-order valence-electron chi connectivity index (χ3n) is 12.4. The normalized spacial score (nSPS) is 16.0. The number of aromatic hydroxyl groups is 19. The summed E-state index contributed by atoms with van der Waals surface area (Å²) in [7, 11) is 0. The zero-order valence-electron chi connectivity index (χ0n) is 43.8. The maximum Gasteiger partial charge on any atom is 0.343 e. The molecule has 89 heavy (non-hydrogen) atoms. The first-order chi connectivity index (χ1) is 41.8. The van der Waals surface area contributed by atoms with Crippen LogP contribution < -0.4 is 9.47 Å². The summed E-state index contributed by atoms with van der Waals surface area (Å²) in [6.07, 6.45) is -13.4. The van der Waals surface area contributed by atoms with Crippen molar-refractivity contribution in [1.29, 1.82) is 0 Å². The van der Waals surface area contributed by atoms with E-state index in [2.05, 4.69) is 0 Å². The van der Waals surface area contributed by atoms with Gasteiger partial charge in [-0.3, -0.25) is 0 Å². The number of esters is 7. The van der Waals surface area contributed by atoms with Crippen LogP contribution >= 0.6 is 0 Å². The Morgan fingerprint density at radius 3 is 0.831 bits per heavy atom. The van der Waals surface area contributed by atoms with Crippen LogP contribution in [0.4, 0.5) is 0 Å². The van der Waals surface area contributed by atoms with Crippen molar-refractivity contribution in [2.24, 2.45) is 0 Å². The summed E-state index contributed by atoms with van der Waals surface area (Å²) in [5.41, 5.74) is -6.11. The van der Waals surface area contributed by atoms with Gasteiger partial charge >= 0.3 is 41.8 Å². The summed E-state index contributed by atoms with van der Waals surface area (Å²) in [4.78, 5) is 97.5.